The van der Waals surface area contributed by atoms with E-state index in [4.69, 9.17) is 11.6 Å². The number of carbonyl (C=O) groups excluding carboxylic acids is 2. The molecule has 1 unspecified atom stereocenters. The van der Waals surface area contributed by atoms with E-state index in [1.54, 1.807) is 19.1 Å². The number of benzene rings is 3. The third-order valence-corrected chi connectivity index (χ3v) is 7.45. The number of sulfonamides is 1. The fraction of sp³-hybridized carbons (Fsp3) is 0.310. The highest BCUT2D eigenvalue weighted by Crippen LogP contribution is 2.27. The Labute approximate surface area is 234 Å². The first-order valence-electron chi connectivity index (χ1n) is 12.5. The lowest BCUT2D eigenvalue weighted by atomic mass is 10.0. The monoisotopic (exact) mass is 573 g/mol. The minimum Gasteiger partial charge on any atom is -0.352 e. The van der Waals surface area contributed by atoms with E-state index in [0.717, 1.165) is 16.1 Å². The van der Waals surface area contributed by atoms with Gasteiger partial charge in [-0.05, 0) is 61.7 Å². The van der Waals surface area contributed by atoms with Gasteiger partial charge in [0.05, 0.1) is 11.9 Å². The zero-order chi connectivity index (χ0) is 28.7. The van der Waals surface area contributed by atoms with Crippen molar-refractivity contribution in [1.29, 1.82) is 0 Å². The summed E-state index contributed by atoms with van der Waals surface area (Å²) in [5.41, 5.74) is 2.29. The topological polar surface area (TPSA) is 86.8 Å². The molecule has 0 heterocycles. The molecular formula is C29H33ClFN3O4S. The van der Waals surface area contributed by atoms with Crippen LogP contribution in [0.25, 0.3) is 0 Å². The van der Waals surface area contributed by atoms with E-state index in [0.29, 0.717) is 16.1 Å². The number of halogens is 2. The summed E-state index contributed by atoms with van der Waals surface area (Å²) in [6.45, 7) is 4.77. The summed E-state index contributed by atoms with van der Waals surface area (Å²) in [5.74, 6) is -1.41. The second-order valence-electron chi connectivity index (χ2n) is 9.72. The van der Waals surface area contributed by atoms with Crippen LogP contribution in [-0.4, -0.2) is 50.0 Å². The van der Waals surface area contributed by atoms with Crippen molar-refractivity contribution in [3.8, 4) is 0 Å². The van der Waals surface area contributed by atoms with Gasteiger partial charge < -0.3 is 10.2 Å². The molecule has 1 N–H and O–H groups in total. The molecule has 3 aromatic carbocycles. The molecule has 0 aliphatic carbocycles. The van der Waals surface area contributed by atoms with Crippen LogP contribution in [0.3, 0.4) is 0 Å². The number of anilines is 1. The summed E-state index contributed by atoms with van der Waals surface area (Å²) in [6.07, 6.45) is 1.21. The lowest BCUT2D eigenvalue weighted by Crippen LogP contribution is -2.54. The zero-order valence-electron chi connectivity index (χ0n) is 22.4. The molecule has 2 amide bonds. The molecule has 0 bridgehead atoms. The van der Waals surface area contributed by atoms with Crippen molar-refractivity contribution in [2.45, 2.75) is 45.8 Å². The van der Waals surface area contributed by atoms with Gasteiger partial charge >= 0.3 is 0 Å². The first-order valence-corrected chi connectivity index (χ1v) is 14.7. The normalized spacial score (nSPS) is 12.2. The van der Waals surface area contributed by atoms with Crippen LogP contribution in [-0.2, 0) is 32.6 Å². The Kier molecular flexibility index (Phi) is 10.1. The van der Waals surface area contributed by atoms with E-state index < -0.39 is 34.3 Å². The fourth-order valence-electron chi connectivity index (χ4n) is 4.17. The largest absolute Gasteiger partial charge is 0.352 e. The van der Waals surface area contributed by atoms with Crippen LogP contribution in [0.15, 0.2) is 72.8 Å². The van der Waals surface area contributed by atoms with Crippen LogP contribution in [0.5, 0.6) is 0 Å². The molecule has 0 radical (unpaired) electrons. The molecule has 0 saturated carbocycles. The van der Waals surface area contributed by atoms with Crippen LogP contribution in [0.4, 0.5) is 10.1 Å². The average molecular weight is 574 g/mol. The summed E-state index contributed by atoms with van der Waals surface area (Å²) >= 11 is 6.16. The number of hydrogen-bond acceptors (Lipinski definition) is 4. The molecule has 3 aromatic rings. The van der Waals surface area contributed by atoms with Gasteiger partial charge in [0, 0.05) is 24.0 Å². The van der Waals surface area contributed by atoms with Crippen molar-refractivity contribution < 1.29 is 22.4 Å². The lowest BCUT2D eigenvalue weighted by molar-refractivity contribution is -0.140. The molecule has 0 spiro atoms. The lowest BCUT2D eigenvalue weighted by Gasteiger charge is -2.34. The van der Waals surface area contributed by atoms with Gasteiger partial charge in [0.25, 0.3) is 0 Å². The van der Waals surface area contributed by atoms with Crippen LogP contribution in [0, 0.1) is 12.7 Å². The molecule has 0 aromatic heterocycles. The van der Waals surface area contributed by atoms with Crippen LogP contribution in [0.2, 0.25) is 5.02 Å². The minimum absolute atomic E-state index is 0.0335. The standard InChI is InChI=1S/C29H33ClFN3O4S/c1-20(2)32-29(36)27(16-22-8-6-5-7-9-22)33(18-23-11-14-25(31)15-12-23)28(35)19-34(39(4,37)38)26-17-24(30)13-10-21(26)3/h5-15,17,20,27H,16,18-19H2,1-4H3,(H,32,36). The highest BCUT2D eigenvalue weighted by atomic mass is 35.5. The number of amides is 2. The number of nitrogens with zero attached hydrogens (tertiary/aromatic N) is 2. The van der Waals surface area contributed by atoms with Gasteiger partial charge in [-0.2, -0.15) is 0 Å². The first kappa shape index (κ1) is 30.1. The number of hydrogen-bond donors (Lipinski definition) is 1. The number of carbonyl (C=O) groups is 2. The highest BCUT2D eigenvalue weighted by Gasteiger charge is 2.33. The van der Waals surface area contributed by atoms with Crippen molar-refractivity contribution in [1.82, 2.24) is 10.2 Å². The molecule has 3 rings (SSSR count). The van der Waals surface area contributed by atoms with Gasteiger partial charge in [-0.15, -0.1) is 0 Å². The van der Waals surface area contributed by atoms with Gasteiger partial charge in [-0.1, -0.05) is 60.1 Å². The quantitative estimate of drug-likeness (QED) is 0.360. The van der Waals surface area contributed by atoms with Gasteiger partial charge in [0.15, 0.2) is 0 Å². The summed E-state index contributed by atoms with van der Waals surface area (Å²) < 4.78 is 40.4. The Morgan fingerprint density at radius 3 is 2.21 bits per heavy atom. The molecule has 0 saturated heterocycles. The van der Waals surface area contributed by atoms with Crippen molar-refractivity contribution in [3.05, 3.63) is 100 Å². The smallest absolute Gasteiger partial charge is 0.244 e. The summed E-state index contributed by atoms with van der Waals surface area (Å²) in [4.78, 5) is 28.8. The highest BCUT2D eigenvalue weighted by molar-refractivity contribution is 7.92. The van der Waals surface area contributed by atoms with Gasteiger partial charge in [0.2, 0.25) is 21.8 Å². The number of nitrogens with one attached hydrogen (secondary N) is 1. The molecule has 0 aliphatic rings. The second kappa shape index (κ2) is 13.1. The third-order valence-electron chi connectivity index (χ3n) is 6.09. The molecule has 39 heavy (non-hydrogen) atoms. The molecular weight excluding hydrogens is 541 g/mol. The first-order chi connectivity index (χ1) is 18.3. The fourth-order valence-corrected chi connectivity index (χ4v) is 5.23. The van der Waals surface area contributed by atoms with E-state index in [-0.39, 0.29) is 30.6 Å². The molecule has 10 heteroatoms. The summed E-state index contributed by atoms with van der Waals surface area (Å²) in [7, 11) is -3.91. The van der Waals surface area contributed by atoms with Gasteiger partial charge in [-0.25, -0.2) is 12.8 Å². The van der Waals surface area contributed by atoms with Crippen LogP contribution in [0.1, 0.15) is 30.5 Å². The van der Waals surface area contributed by atoms with Crippen molar-refractivity contribution >= 4 is 39.1 Å². The predicted molar refractivity (Wildman–Crippen MR) is 153 cm³/mol. The van der Waals surface area contributed by atoms with Gasteiger partial charge in [0.1, 0.15) is 18.4 Å². The predicted octanol–water partition coefficient (Wildman–Crippen LogP) is 4.72. The van der Waals surface area contributed by atoms with E-state index >= 15 is 0 Å². The Hall–Kier alpha value is -3.43. The van der Waals surface area contributed by atoms with E-state index in [9.17, 15) is 22.4 Å². The Morgan fingerprint density at radius 2 is 1.62 bits per heavy atom. The number of aryl methyl sites for hydroxylation is 1. The Morgan fingerprint density at radius 1 is 0.974 bits per heavy atom. The average Bonchev–Trinajstić information content (AvgIpc) is 2.86. The number of rotatable bonds is 11. The maximum atomic E-state index is 14.0. The summed E-state index contributed by atoms with van der Waals surface area (Å²) in [6, 6.07) is 18.5. The molecule has 208 valence electrons. The van der Waals surface area contributed by atoms with Crippen molar-refractivity contribution in [2.75, 3.05) is 17.1 Å². The molecule has 0 fully saturated rings. The maximum absolute atomic E-state index is 14.0. The SMILES string of the molecule is Cc1ccc(Cl)cc1N(CC(=O)N(Cc1ccc(F)cc1)C(Cc1ccccc1)C(=O)NC(C)C)S(C)(=O)=O. The van der Waals surface area contributed by atoms with Crippen LogP contribution < -0.4 is 9.62 Å². The van der Waals surface area contributed by atoms with E-state index in [1.807, 2.05) is 44.2 Å². The molecule has 7 nitrogen and oxygen atoms in total. The van der Waals surface area contributed by atoms with Gasteiger partial charge in [-0.3, -0.25) is 13.9 Å². The Balaban J connectivity index is 2.07. The molecule has 1 atom stereocenters. The zero-order valence-corrected chi connectivity index (χ0v) is 24.0. The second-order valence-corrected chi connectivity index (χ2v) is 12.1. The maximum Gasteiger partial charge on any atom is 0.244 e. The Bertz CT molecular complexity index is 1400. The van der Waals surface area contributed by atoms with Crippen molar-refractivity contribution in [3.63, 3.8) is 0 Å². The van der Waals surface area contributed by atoms with E-state index in [1.165, 1.54) is 35.2 Å². The van der Waals surface area contributed by atoms with E-state index in [2.05, 4.69) is 5.32 Å². The minimum atomic E-state index is -3.91. The molecule has 0 aliphatic heterocycles. The summed E-state index contributed by atoms with van der Waals surface area (Å²) in [5, 5.41) is 3.20. The van der Waals surface area contributed by atoms with Crippen LogP contribution >= 0.6 is 11.6 Å². The van der Waals surface area contributed by atoms with Crippen molar-refractivity contribution in [2.24, 2.45) is 0 Å². The third kappa shape index (κ3) is 8.53.